The molecule has 3 aromatic carbocycles. The van der Waals surface area contributed by atoms with Crippen molar-refractivity contribution in [2.45, 2.75) is 19.1 Å². The van der Waals surface area contributed by atoms with Gasteiger partial charge in [-0.3, -0.25) is 19.3 Å². The zero-order valence-corrected chi connectivity index (χ0v) is 25.9. The number of hydrogen-bond acceptors (Lipinski definition) is 6. The molecule has 4 aromatic rings. The molecule has 6 rings (SSSR count). The van der Waals surface area contributed by atoms with Crippen LogP contribution >= 0.6 is 11.8 Å². The number of hydrogen-bond donors (Lipinski definition) is 0. The maximum atomic E-state index is 14.0. The van der Waals surface area contributed by atoms with Crippen molar-refractivity contribution >= 4 is 35.3 Å². The summed E-state index contributed by atoms with van der Waals surface area (Å²) in [5.74, 6) is 1.19. The highest BCUT2D eigenvalue weighted by molar-refractivity contribution is 8.00. The van der Waals surface area contributed by atoms with Gasteiger partial charge >= 0.3 is 0 Å². The average molecular weight is 610 g/mol. The topological polar surface area (TPSA) is 88.0 Å². The zero-order chi connectivity index (χ0) is 30.8. The van der Waals surface area contributed by atoms with Crippen LogP contribution in [0.1, 0.15) is 28.9 Å². The minimum absolute atomic E-state index is 0.000503. The molecule has 0 saturated carbocycles. The molecule has 3 heterocycles. The second kappa shape index (κ2) is 12.6. The largest absolute Gasteiger partial charge is 0.497 e. The van der Waals surface area contributed by atoms with Crippen LogP contribution in [0.3, 0.4) is 0 Å². The molecule has 2 aliphatic heterocycles. The Kier molecular flexibility index (Phi) is 8.43. The van der Waals surface area contributed by atoms with Gasteiger partial charge < -0.3 is 14.5 Å². The van der Waals surface area contributed by atoms with Gasteiger partial charge in [-0.05, 0) is 42.3 Å². The normalized spacial score (nSPS) is 16.8. The Labute approximate surface area is 261 Å². The van der Waals surface area contributed by atoms with Gasteiger partial charge in [0.25, 0.3) is 0 Å². The third-order valence-electron chi connectivity index (χ3n) is 8.30. The van der Waals surface area contributed by atoms with Crippen molar-refractivity contribution in [3.63, 3.8) is 0 Å². The number of aryl methyl sites for hydroxylation is 1. The van der Waals surface area contributed by atoms with E-state index in [9.17, 15) is 14.4 Å². The maximum absolute atomic E-state index is 14.0. The fourth-order valence-corrected chi connectivity index (χ4v) is 7.16. The highest BCUT2D eigenvalue weighted by Gasteiger charge is 2.39. The summed E-state index contributed by atoms with van der Waals surface area (Å²) in [6.07, 6.45) is 0. The van der Waals surface area contributed by atoms with E-state index in [1.54, 1.807) is 45.2 Å². The smallest absolute Gasteiger partial charge is 0.242 e. The number of rotatable bonds is 6. The number of carbonyl (C=O) groups excluding carboxylic acids is 3. The van der Waals surface area contributed by atoms with Gasteiger partial charge in [0.2, 0.25) is 17.7 Å². The SMILES string of the molecule is COc1ccc(-n2nc(-c3ccccc3)c3c2N(CC(=O)N2CCN(C(C)=O)CC2)C(=O)CS[C@@H]3c2ccccc2C)cc1. The van der Waals surface area contributed by atoms with Crippen LogP contribution in [-0.2, 0) is 14.4 Å². The van der Waals surface area contributed by atoms with E-state index in [4.69, 9.17) is 9.84 Å². The number of anilines is 1. The van der Waals surface area contributed by atoms with Crippen LogP contribution in [0, 0.1) is 6.92 Å². The van der Waals surface area contributed by atoms with Gasteiger partial charge in [-0.2, -0.15) is 5.10 Å². The van der Waals surface area contributed by atoms with E-state index in [0.717, 1.165) is 33.6 Å². The third-order valence-corrected chi connectivity index (χ3v) is 9.53. The van der Waals surface area contributed by atoms with Crippen LogP contribution in [-0.4, -0.2) is 82.9 Å². The Morgan fingerprint density at radius 1 is 0.909 bits per heavy atom. The average Bonchev–Trinajstić information content (AvgIpc) is 3.38. The van der Waals surface area contributed by atoms with Crippen LogP contribution in [0.25, 0.3) is 16.9 Å². The number of fused-ring (bicyclic) bond motifs is 1. The van der Waals surface area contributed by atoms with Crippen LogP contribution in [0.5, 0.6) is 5.75 Å². The van der Waals surface area contributed by atoms with Crippen molar-refractivity contribution in [2.75, 3.05) is 50.5 Å². The van der Waals surface area contributed by atoms with E-state index < -0.39 is 0 Å². The van der Waals surface area contributed by atoms with E-state index >= 15 is 0 Å². The Morgan fingerprint density at radius 3 is 2.23 bits per heavy atom. The van der Waals surface area contributed by atoms with E-state index in [-0.39, 0.29) is 35.3 Å². The molecule has 1 fully saturated rings. The van der Waals surface area contributed by atoms with Crippen molar-refractivity contribution in [2.24, 2.45) is 0 Å². The number of thioether (sulfide) groups is 1. The van der Waals surface area contributed by atoms with Gasteiger partial charge in [-0.25, -0.2) is 4.68 Å². The lowest BCUT2D eigenvalue weighted by atomic mass is 9.97. The first-order valence-electron chi connectivity index (χ1n) is 14.7. The molecule has 1 saturated heterocycles. The first-order valence-corrected chi connectivity index (χ1v) is 15.7. The molecular weight excluding hydrogens is 574 g/mol. The fourth-order valence-electron chi connectivity index (χ4n) is 5.86. The van der Waals surface area contributed by atoms with Crippen molar-refractivity contribution in [1.29, 1.82) is 0 Å². The summed E-state index contributed by atoms with van der Waals surface area (Å²) in [7, 11) is 1.62. The molecule has 9 nitrogen and oxygen atoms in total. The molecule has 0 spiro atoms. The summed E-state index contributed by atoms with van der Waals surface area (Å²) in [5.41, 5.74) is 5.56. The van der Waals surface area contributed by atoms with E-state index in [0.29, 0.717) is 37.7 Å². The van der Waals surface area contributed by atoms with Gasteiger partial charge in [0.1, 0.15) is 18.1 Å². The Hall–Kier alpha value is -4.57. The number of nitrogens with zero attached hydrogens (tertiary/aromatic N) is 5. The monoisotopic (exact) mass is 609 g/mol. The lowest BCUT2D eigenvalue weighted by molar-refractivity contribution is -0.137. The molecule has 0 radical (unpaired) electrons. The number of amides is 3. The van der Waals surface area contributed by atoms with Gasteiger partial charge in [0.15, 0.2) is 0 Å². The summed E-state index contributed by atoms with van der Waals surface area (Å²) >= 11 is 1.56. The maximum Gasteiger partial charge on any atom is 0.242 e. The number of aromatic nitrogens is 2. The molecule has 3 amide bonds. The van der Waals surface area contributed by atoms with Gasteiger partial charge in [0.05, 0.1) is 29.5 Å². The zero-order valence-electron chi connectivity index (χ0n) is 25.1. The first-order chi connectivity index (χ1) is 21.4. The molecule has 2 aliphatic rings. The summed E-state index contributed by atoms with van der Waals surface area (Å²) in [4.78, 5) is 44.8. The lowest BCUT2D eigenvalue weighted by Crippen LogP contribution is -2.53. The summed E-state index contributed by atoms with van der Waals surface area (Å²) in [6.45, 7) is 5.33. The van der Waals surface area contributed by atoms with Crippen LogP contribution in [0.4, 0.5) is 5.82 Å². The molecule has 0 unspecified atom stereocenters. The van der Waals surface area contributed by atoms with Crippen LogP contribution in [0.2, 0.25) is 0 Å². The van der Waals surface area contributed by atoms with Crippen molar-refractivity contribution in [3.05, 3.63) is 95.6 Å². The van der Waals surface area contributed by atoms with Crippen molar-refractivity contribution in [1.82, 2.24) is 19.6 Å². The minimum Gasteiger partial charge on any atom is -0.497 e. The summed E-state index contributed by atoms with van der Waals surface area (Å²) in [5, 5.41) is 4.97. The second-order valence-electron chi connectivity index (χ2n) is 11.0. The van der Waals surface area contributed by atoms with Crippen LogP contribution in [0.15, 0.2) is 78.9 Å². The quantitative estimate of drug-likeness (QED) is 0.315. The lowest BCUT2D eigenvalue weighted by Gasteiger charge is -2.35. The van der Waals surface area contributed by atoms with E-state index in [1.807, 2.05) is 66.7 Å². The standard InChI is InChI=1S/C34H35N5O4S/c1-23-9-7-8-12-28(23)33-31-32(25-10-5-4-6-11-25)35-39(26-13-15-27(43-3)16-14-26)34(31)38(30(42)22-44-33)21-29(41)37-19-17-36(18-20-37)24(2)40/h4-16,33H,17-22H2,1-3H3/t33-/m1/s1. The number of carbonyl (C=O) groups is 3. The first kappa shape index (κ1) is 29.5. The molecule has 0 aliphatic carbocycles. The van der Waals surface area contributed by atoms with Gasteiger partial charge in [-0.15, -0.1) is 11.8 Å². The Balaban J connectivity index is 1.52. The molecule has 226 valence electrons. The van der Waals surface area contributed by atoms with E-state index in [2.05, 4.69) is 19.1 Å². The molecule has 0 bridgehead atoms. The molecule has 1 atom stereocenters. The Bertz CT molecular complexity index is 1680. The highest BCUT2D eigenvalue weighted by atomic mass is 32.2. The summed E-state index contributed by atoms with van der Waals surface area (Å²) in [6, 6.07) is 25.8. The number of benzene rings is 3. The molecule has 1 aromatic heterocycles. The summed E-state index contributed by atoms with van der Waals surface area (Å²) < 4.78 is 7.21. The van der Waals surface area contributed by atoms with E-state index in [1.165, 1.54) is 0 Å². The van der Waals surface area contributed by atoms with Crippen LogP contribution < -0.4 is 9.64 Å². The molecule has 0 N–H and O–H groups in total. The second-order valence-corrected chi connectivity index (χ2v) is 12.1. The minimum atomic E-state index is -0.198. The molecule has 10 heteroatoms. The predicted molar refractivity (Wildman–Crippen MR) is 172 cm³/mol. The highest BCUT2D eigenvalue weighted by Crippen LogP contribution is 2.49. The molecular formula is C34H35N5O4S. The number of methoxy groups -OCH3 is 1. The predicted octanol–water partition coefficient (Wildman–Crippen LogP) is 4.72. The number of ether oxygens (including phenoxy) is 1. The fraction of sp³-hybridized carbons (Fsp3) is 0.294. The van der Waals surface area contributed by atoms with Crippen molar-refractivity contribution < 1.29 is 19.1 Å². The third kappa shape index (κ3) is 5.69. The van der Waals surface area contributed by atoms with Gasteiger partial charge in [-0.1, -0.05) is 54.6 Å². The molecule has 44 heavy (non-hydrogen) atoms. The number of piperazine rings is 1. The Morgan fingerprint density at radius 2 is 1.57 bits per heavy atom. The van der Waals surface area contributed by atoms with Crippen molar-refractivity contribution in [3.8, 4) is 22.7 Å². The van der Waals surface area contributed by atoms with Gasteiger partial charge in [0, 0.05) is 44.2 Å².